The summed E-state index contributed by atoms with van der Waals surface area (Å²) in [6, 6.07) is 7.93. The second-order valence-corrected chi connectivity index (χ2v) is 6.34. The molecule has 1 fully saturated rings. The third-order valence-corrected chi connectivity index (χ3v) is 4.21. The molecular formula is C18H28N2O3. The zero-order valence-electron chi connectivity index (χ0n) is 14.3. The summed E-state index contributed by atoms with van der Waals surface area (Å²) < 4.78 is 11.2. The summed E-state index contributed by atoms with van der Waals surface area (Å²) in [6.07, 6.45) is 1.93. The van der Waals surface area contributed by atoms with E-state index in [-0.39, 0.29) is 18.2 Å². The number of carbonyl (C=O) groups excluding carboxylic acids is 1. The standard InChI is InChI=1S/C18H28N2O3/c1-13-5-4-6-17(11-13)23-14(2)12-19-18(21)20-15(3)16-7-9-22-10-8-16/h4-6,11,14-16H,7-10,12H2,1-3H3,(H2,19,20,21)/t14-,15+/m0/s1. The molecule has 0 unspecified atom stereocenters. The Hall–Kier alpha value is -1.75. The first-order valence-corrected chi connectivity index (χ1v) is 8.40. The van der Waals surface area contributed by atoms with Gasteiger partial charge in [-0.15, -0.1) is 0 Å². The quantitative estimate of drug-likeness (QED) is 0.847. The molecule has 5 nitrogen and oxygen atoms in total. The summed E-state index contributed by atoms with van der Waals surface area (Å²) >= 11 is 0. The molecule has 2 amide bonds. The lowest BCUT2D eigenvalue weighted by atomic mass is 9.93. The van der Waals surface area contributed by atoms with Crippen molar-refractivity contribution < 1.29 is 14.3 Å². The zero-order chi connectivity index (χ0) is 16.7. The van der Waals surface area contributed by atoms with Gasteiger partial charge in [0.1, 0.15) is 11.9 Å². The summed E-state index contributed by atoms with van der Waals surface area (Å²) in [5, 5.41) is 5.90. The highest BCUT2D eigenvalue weighted by Crippen LogP contribution is 2.18. The fourth-order valence-corrected chi connectivity index (χ4v) is 2.79. The van der Waals surface area contributed by atoms with Crippen LogP contribution in [0.25, 0.3) is 0 Å². The van der Waals surface area contributed by atoms with E-state index in [4.69, 9.17) is 9.47 Å². The van der Waals surface area contributed by atoms with Crippen molar-refractivity contribution in [2.75, 3.05) is 19.8 Å². The molecule has 1 saturated heterocycles. The number of ether oxygens (including phenoxy) is 2. The lowest BCUT2D eigenvalue weighted by Gasteiger charge is -2.28. The number of amides is 2. The molecule has 0 saturated carbocycles. The van der Waals surface area contributed by atoms with Gasteiger partial charge in [-0.25, -0.2) is 4.79 Å². The van der Waals surface area contributed by atoms with E-state index in [0.29, 0.717) is 12.5 Å². The molecular weight excluding hydrogens is 292 g/mol. The van der Waals surface area contributed by atoms with Crippen molar-refractivity contribution in [3.8, 4) is 5.75 Å². The minimum atomic E-state index is -0.135. The number of hydrogen-bond acceptors (Lipinski definition) is 3. The molecule has 0 bridgehead atoms. The van der Waals surface area contributed by atoms with Gasteiger partial charge in [-0.1, -0.05) is 12.1 Å². The Morgan fingerprint density at radius 3 is 2.78 bits per heavy atom. The van der Waals surface area contributed by atoms with Crippen LogP contribution in [0.5, 0.6) is 5.75 Å². The van der Waals surface area contributed by atoms with Crippen LogP contribution in [-0.2, 0) is 4.74 Å². The Kier molecular flexibility index (Phi) is 6.71. The largest absolute Gasteiger partial charge is 0.489 e. The molecule has 5 heteroatoms. The van der Waals surface area contributed by atoms with E-state index in [2.05, 4.69) is 17.6 Å². The van der Waals surface area contributed by atoms with Crippen LogP contribution >= 0.6 is 0 Å². The highest BCUT2D eigenvalue weighted by Gasteiger charge is 2.21. The van der Waals surface area contributed by atoms with Crippen molar-refractivity contribution in [2.24, 2.45) is 5.92 Å². The molecule has 2 atom stereocenters. The topological polar surface area (TPSA) is 59.6 Å². The van der Waals surface area contributed by atoms with Crippen LogP contribution in [0.15, 0.2) is 24.3 Å². The van der Waals surface area contributed by atoms with Gasteiger partial charge in [-0.3, -0.25) is 0 Å². The molecule has 128 valence electrons. The minimum Gasteiger partial charge on any atom is -0.489 e. The summed E-state index contributed by atoms with van der Waals surface area (Å²) in [5.74, 6) is 1.32. The van der Waals surface area contributed by atoms with Crippen LogP contribution in [-0.4, -0.2) is 37.9 Å². The molecule has 23 heavy (non-hydrogen) atoms. The highest BCUT2D eigenvalue weighted by molar-refractivity contribution is 5.74. The first-order valence-electron chi connectivity index (χ1n) is 8.40. The normalized spacial score (nSPS) is 18.0. The molecule has 1 aliphatic heterocycles. The molecule has 2 N–H and O–H groups in total. The SMILES string of the molecule is Cc1cccc(O[C@@H](C)CNC(=O)N[C@H](C)C2CCOCC2)c1. The van der Waals surface area contributed by atoms with Gasteiger partial charge < -0.3 is 20.1 Å². The molecule has 0 radical (unpaired) electrons. The number of nitrogens with one attached hydrogen (secondary N) is 2. The molecule has 1 heterocycles. The molecule has 0 aromatic heterocycles. The van der Waals surface area contributed by atoms with Gasteiger partial charge in [-0.2, -0.15) is 0 Å². The average molecular weight is 320 g/mol. The van der Waals surface area contributed by atoms with Crippen molar-refractivity contribution >= 4 is 6.03 Å². The second kappa shape index (κ2) is 8.77. The van der Waals surface area contributed by atoms with E-state index < -0.39 is 0 Å². The van der Waals surface area contributed by atoms with Crippen LogP contribution in [0.4, 0.5) is 4.79 Å². The molecule has 1 aromatic rings. The fraction of sp³-hybridized carbons (Fsp3) is 0.611. The molecule has 0 aliphatic carbocycles. The van der Waals surface area contributed by atoms with Gasteiger partial charge in [0.2, 0.25) is 0 Å². The van der Waals surface area contributed by atoms with Gasteiger partial charge in [0, 0.05) is 19.3 Å². The lowest BCUT2D eigenvalue weighted by molar-refractivity contribution is 0.0570. The van der Waals surface area contributed by atoms with Crippen LogP contribution < -0.4 is 15.4 Å². The number of urea groups is 1. The Balaban J connectivity index is 1.68. The van der Waals surface area contributed by atoms with Crippen LogP contribution in [0, 0.1) is 12.8 Å². The van der Waals surface area contributed by atoms with E-state index in [1.807, 2.05) is 38.1 Å². The Bertz CT molecular complexity index is 501. The van der Waals surface area contributed by atoms with Crippen molar-refractivity contribution in [3.63, 3.8) is 0 Å². The highest BCUT2D eigenvalue weighted by atomic mass is 16.5. The molecule has 2 rings (SSSR count). The minimum absolute atomic E-state index is 0.0825. The summed E-state index contributed by atoms with van der Waals surface area (Å²) in [7, 11) is 0. The first kappa shape index (κ1) is 17.6. The smallest absolute Gasteiger partial charge is 0.315 e. The van der Waals surface area contributed by atoms with E-state index >= 15 is 0 Å². The maximum absolute atomic E-state index is 12.0. The fourth-order valence-electron chi connectivity index (χ4n) is 2.79. The van der Waals surface area contributed by atoms with Crippen molar-refractivity contribution in [1.82, 2.24) is 10.6 Å². The molecule has 0 spiro atoms. The predicted molar refractivity (Wildman–Crippen MR) is 90.8 cm³/mol. The Morgan fingerprint density at radius 1 is 1.35 bits per heavy atom. The first-order chi connectivity index (χ1) is 11.0. The van der Waals surface area contributed by atoms with Crippen molar-refractivity contribution in [3.05, 3.63) is 29.8 Å². The summed E-state index contributed by atoms with van der Waals surface area (Å²) in [4.78, 5) is 12.0. The van der Waals surface area contributed by atoms with Crippen molar-refractivity contribution in [1.29, 1.82) is 0 Å². The predicted octanol–water partition coefficient (Wildman–Crippen LogP) is 2.88. The van der Waals surface area contributed by atoms with Gasteiger partial charge in [0.05, 0.1) is 6.54 Å². The third kappa shape index (κ3) is 6.10. The zero-order valence-corrected chi connectivity index (χ0v) is 14.3. The van der Waals surface area contributed by atoms with Gasteiger partial charge in [0.25, 0.3) is 0 Å². The van der Waals surface area contributed by atoms with Crippen LogP contribution in [0.2, 0.25) is 0 Å². The molecule has 1 aliphatic rings. The van der Waals surface area contributed by atoms with Gasteiger partial charge >= 0.3 is 6.03 Å². The summed E-state index contributed by atoms with van der Waals surface area (Å²) in [5.41, 5.74) is 1.16. The van der Waals surface area contributed by atoms with E-state index in [1.165, 1.54) is 0 Å². The van der Waals surface area contributed by atoms with E-state index in [1.54, 1.807) is 0 Å². The Labute approximate surface area is 138 Å². The van der Waals surface area contributed by atoms with Gasteiger partial charge in [0.15, 0.2) is 0 Å². The second-order valence-electron chi connectivity index (χ2n) is 6.34. The number of carbonyl (C=O) groups is 1. The van der Waals surface area contributed by atoms with Crippen LogP contribution in [0.3, 0.4) is 0 Å². The number of rotatable bonds is 6. The molecule has 1 aromatic carbocycles. The van der Waals surface area contributed by atoms with E-state index in [9.17, 15) is 4.79 Å². The number of benzene rings is 1. The van der Waals surface area contributed by atoms with Crippen molar-refractivity contribution in [2.45, 2.75) is 45.8 Å². The summed E-state index contributed by atoms with van der Waals surface area (Å²) in [6.45, 7) is 8.09. The number of hydrogen-bond donors (Lipinski definition) is 2. The maximum atomic E-state index is 12.0. The van der Waals surface area contributed by atoms with Crippen LogP contribution in [0.1, 0.15) is 32.3 Å². The third-order valence-electron chi connectivity index (χ3n) is 4.21. The Morgan fingerprint density at radius 2 is 2.09 bits per heavy atom. The number of aryl methyl sites for hydroxylation is 1. The monoisotopic (exact) mass is 320 g/mol. The van der Waals surface area contributed by atoms with E-state index in [0.717, 1.165) is 37.4 Å². The maximum Gasteiger partial charge on any atom is 0.315 e. The average Bonchev–Trinajstić information content (AvgIpc) is 2.54. The lowest BCUT2D eigenvalue weighted by Crippen LogP contribution is -2.47. The van der Waals surface area contributed by atoms with Gasteiger partial charge in [-0.05, 0) is 57.2 Å².